The Labute approximate surface area is 161 Å². The van der Waals surface area contributed by atoms with Crippen molar-refractivity contribution < 1.29 is 21.6 Å². The molecule has 0 unspecified atom stereocenters. The molecule has 0 saturated carbocycles. The van der Waals surface area contributed by atoms with E-state index in [2.05, 4.69) is 9.39 Å². The van der Waals surface area contributed by atoms with Crippen LogP contribution in [0.5, 0.6) is 0 Å². The third kappa shape index (κ3) is 3.42. The number of benzene rings is 2. The number of aliphatic imine (C=N–C) groups is 1. The first-order valence-electron chi connectivity index (χ1n) is 8.34. The Morgan fingerprint density at radius 1 is 1.00 bits per heavy atom. The topological polar surface area (TPSA) is 62.1 Å². The van der Waals surface area contributed by atoms with E-state index in [0.29, 0.717) is 22.5 Å². The lowest BCUT2D eigenvalue weighted by molar-refractivity contribution is -0.0435. The normalized spacial score (nSPS) is 18.4. The van der Waals surface area contributed by atoms with Crippen molar-refractivity contribution in [2.45, 2.75) is 24.9 Å². The van der Waals surface area contributed by atoms with Crippen LogP contribution >= 0.6 is 0 Å². The number of alkyl halides is 3. The van der Waals surface area contributed by atoms with Crippen molar-refractivity contribution >= 4 is 27.3 Å². The molecule has 0 amide bonds. The van der Waals surface area contributed by atoms with E-state index >= 15 is 0 Å². The van der Waals surface area contributed by atoms with Gasteiger partial charge < -0.3 is 4.90 Å². The van der Waals surface area contributed by atoms with Gasteiger partial charge in [0, 0.05) is 23.9 Å². The van der Waals surface area contributed by atoms with E-state index in [4.69, 9.17) is 0 Å². The fraction of sp³-hybridized carbons (Fsp3) is 0.263. The van der Waals surface area contributed by atoms with Gasteiger partial charge in [0.1, 0.15) is 0 Å². The standard InChI is InChI=1S/C19H18F3N3O2S/c1-18(2)17(24-28(26,27)19(20,21)22)23-16(13-9-5-4-6-10-13)14-11-7-8-12-15(14)25(18)3/h4-12H,1-3H3/b24-17-. The molecular weight excluding hydrogens is 391 g/mol. The molecule has 0 spiro atoms. The minimum atomic E-state index is -5.75. The highest BCUT2D eigenvalue weighted by atomic mass is 32.2. The molecule has 5 nitrogen and oxygen atoms in total. The van der Waals surface area contributed by atoms with Crippen LogP contribution < -0.4 is 4.90 Å². The molecule has 0 atom stereocenters. The summed E-state index contributed by atoms with van der Waals surface area (Å²) in [6, 6.07) is 16.0. The van der Waals surface area contributed by atoms with E-state index < -0.39 is 26.9 Å². The summed E-state index contributed by atoms with van der Waals surface area (Å²) in [5.41, 5.74) is -4.37. The van der Waals surface area contributed by atoms with Crippen molar-refractivity contribution in [3.05, 3.63) is 65.7 Å². The molecule has 1 aliphatic rings. The van der Waals surface area contributed by atoms with Crippen molar-refractivity contribution in [2.75, 3.05) is 11.9 Å². The van der Waals surface area contributed by atoms with Crippen LogP contribution in [0.4, 0.5) is 18.9 Å². The van der Waals surface area contributed by atoms with E-state index in [1.165, 1.54) is 0 Å². The number of amidine groups is 1. The molecule has 2 aromatic rings. The lowest BCUT2D eigenvalue weighted by Crippen LogP contribution is -2.47. The van der Waals surface area contributed by atoms with Gasteiger partial charge in [0.2, 0.25) is 0 Å². The summed E-state index contributed by atoms with van der Waals surface area (Å²) in [7, 11) is -4.08. The zero-order valence-corrected chi connectivity index (χ0v) is 16.2. The third-order valence-corrected chi connectivity index (χ3v) is 5.67. The number of rotatable bonds is 2. The molecule has 0 aliphatic carbocycles. The fourth-order valence-corrected chi connectivity index (χ4v) is 3.43. The molecule has 0 saturated heterocycles. The SMILES string of the molecule is CN1c2ccccc2C(c2ccccc2)=N/C(=N\S(=O)(=O)C(F)(F)F)C1(C)C. The molecule has 1 heterocycles. The van der Waals surface area contributed by atoms with Crippen molar-refractivity contribution in [1.82, 2.24) is 0 Å². The predicted octanol–water partition coefficient (Wildman–Crippen LogP) is 4.00. The van der Waals surface area contributed by atoms with Gasteiger partial charge in [-0.2, -0.15) is 21.6 Å². The third-order valence-electron chi connectivity index (χ3n) is 4.67. The largest absolute Gasteiger partial charge is 0.518 e. The summed E-state index contributed by atoms with van der Waals surface area (Å²) < 4.78 is 65.5. The fourth-order valence-electron chi connectivity index (χ4n) is 2.83. The number of anilines is 1. The second-order valence-corrected chi connectivity index (χ2v) is 8.39. The van der Waals surface area contributed by atoms with Crippen molar-refractivity contribution in [1.29, 1.82) is 0 Å². The van der Waals surface area contributed by atoms with Crippen LogP contribution in [0.3, 0.4) is 0 Å². The van der Waals surface area contributed by atoms with Crippen molar-refractivity contribution in [3.8, 4) is 0 Å². The summed E-state index contributed by atoms with van der Waals surface area (Å²) >= 11 is 0. The van der Waals surface area contributed by atoms with Crippen molar-refractivity contribution in [3.63, 3.8) is 0 Å². The van der Waals surface area contributed by atoms with Gasteiger partial charge in [0.05, 0.1) is 11.3 Å². The van der Waals surface area contributed by atoms with Gasteiger partial charge in [-0.1, -0.05) is 48.5 Å². The van der Waals surface area contributed by atoms with Gasteiger partial charge in [0.15, 0.2) is 5.84 Å². The van der Waals surface area contributed by atoms with Crippen LogP contribution in [-0.2, 0) is 10.0 Å². The molecule has 0 aromatic heterocycles. The zero-order chi connectivity index (χ0) is 20.7. The predicted molar refractivity (Wildman–Crippen MR) is 103 cm³/mol. The molecule has 0 fully saturated rings. The quantitative estimate of drug-likeness (QED) is 0.753. The Morgan fingerprint density at radius 2 is 1.57 bits per heavy atom. The summed E-state index contributed by atoms with van der Waals surface area (Å²) in [4.78, 5) is 6.01. The zero-order valence-electron chi connectivity index (χ0n) is 15.4. The van der Waals surface area contributed by atoms with E-state index in [9.17, 15) is 21.6 Å². The van der Waals surface area contributed by atoms with Gasteiger partial charge in [-0.3, -0.25) is 0 Å². The van der Waals surface area contributed by atoms with E-state index in [-0.39, 0.29) is 0 Å². The molecule has 9 heteroatoms. The summed E-state index contributed by atoms with van der Waals surface area (Å²) in [5, 5.41) is 0. The molecule has 0 N–H and O–H groups in total. The Morgan fingerprint density at radius 3 is 2.18 bits per heavy atom. The number of sulfonamides is 1. The Balaban J connectivity index is 2.35. The molecule has 0 radical (unpaired) electrons. The Bertz CT molecular complexity index is 1060. The molecule has 148 valence electrons. The molecule has 1 aliphatic heterocycles. The number of likely N-dealkylation sites (N-methyl/N-ethyl adjacent to an activating group) is 1. The first-order chi connectivity index (χ1) is 12.9. The first-order valence-corrected chi connectivity index (χ1v) is 9.78. The number of benzodiazepines with no additional fused rings is 1. The average molecular weight is 409 g/mol. The van der Waals surface area contributed by atoms with Gasteiger partial charge in [-0.25, -0.2) is 4.99 Å². The van der Waals surface area contributed by atoms with Crippen LogP contribution in [0, 0.1) is 0 Å². The molecule has 2 aromatic carbocycles. The number of hydrogen-bond donors (Lipinski definition) is 0. The van der Waals surface area contributed by atoms with Gasteiger partial charge in [0.25, 0.3) is 0 Å². The highest BCUT2D eigenvalue weighted by Gasteiger charge is 2.48. The van der Waals surface area contributed by atoms with Gasteiger partial charge >= 0.3 is 15.5 Å². The number of fused-ring (bicyclic) bond motifs is 1. The number of halogens is 3. The van der Waals surface area contributed by atoms with E-state index in [1.807, 2.05) is 0 Å². The Kier molecular flexibility index (Phi) is 4.82. The highest BCUT2D eigenvalue weighted by molar-refractivity contribution is 7.91. The van der Waals surface area contributed by atoms with Crippen LogP contribution in [0.1, 0.15) is 25.0 Å². The Hall–Kier alpha value is -2.68. The van der Waals surface area contributed by atoms with E-state index in [0.717, 1.165) is 0 Å². The van der Waals surface area contributed by atoms with Gasteiger partial charge in [-0.05, 0) is 19.9 Å². The summed E-state index contributed by atoms with van der Waals surface area (Å²) in [6.07, 6.45) is 0. The van der Waals surface area contributed by atoms with Gasteiger partial charge in [-0.15, -0.1) is 4.40 Å². The summed E-state index contributed by atoms with van der Waals surface area (Å²) in [6.45, 7) is 3.15. The second kappa shape index (κ2) is 6.73. The van der Waals surface area contributed by atoms with Crippen LogP contribution in [0.2, 0.25) is 0 Å². The lowest BCUT2D eigenvalue weighted by atomic mass is 9.99. The van der Waals surface area contributed by atoms with Crippen LogP contribution in [-0.4, -0.2) is 38.1 Å². The van der Waals surface area contributed by atoms with Crippen LogP contribution in [0.25, 0.3) is 0 Å². The number of nitrogens with zero attached hydrogens (tertiary/aromatic N) is 3. The maximum atomic E-state index is 13.0. The maximum absolute atomic E-state index is 13.0. The smallest absolute Gasteiger partial charge is 0.362 e. The summed E-state index contributed by atoms with van der Waals surface area (Å²) in [5.74, 6) is -0.442. The number of para-hydroxylation sites is 1. The second-order valence-electron chi connectivity index (χ2n) is 6.80. The molecule has 0 bridgehead atoms. The first kappa shape index (κ1) is 20.1. The maximum Gasteiger partial charge on any atom is 0.518 e. The molecular formula is C19H18F3N3O2S. The van der Waals surface area contributed by atoms with E-state index in [1.54, 1.807) is 80.4 Å². The minimum absolute atomic E-state index is 0.352. The lowest BCUT2D eigenvalue weighted by Gasteiger charge is -2.35. The average Bonchev–Trinajstić information content (AvgIpc) is 2.71. The highest BCUT2D eigenvalue weighted by Crippen LogP contribution is 2.34. The number of hydrogen-bond acceptors (Lipinski definition) is 3. The molecule has 3 rings (SSSR count). The minimum Gasteiger partial charge on any atom is -0.362 e. The van der Waals surface area contributed by atoms with Crippen LogP contribution in [0.15, 0.2) is 64.0 Å². The molecule has 28 heavy (non-hydrogen) atoms. The monoisotopic (exact) mass is 409 g/mol. The van der Waals surface area contributed by atoms with Crippen molar-refractivity contribution in [2.24, 2.45) is 9.39 Å².